The van der Waals surface area contributed by atoms with Gasteiger partial charge in [0.15, 0.2) is 0 Å². The lowest BCUT2D eigenvalue weighted by Gasteiger charge is -2.11. The highest BCUT2D eigenvalue weighted by molar-refractivity contribution is 7.92. The third-order valence-electron chi connectivity index (χ3n) is 2.66. The smallest absolute Gasteiger partial charge is 0.262 e. The van der Waals surface area contributed by atoms with Gasteiger partial charge < -0.3 is 5.73 Å². The second-order valence-electron chi connectivity index (χ2n) is 4.25. The highest BCUT2D eigenvalue weighted by atomic mass is 35.5. The maximum Gasteiger partial charge on any atom is 0.262 e. The molecule has 2 aromatic carbocycles. The van der Waals surface area contributed by atoms with Crippen LogP contribution in [0.2, 0.25) is 5.02 Å². The lowest BCUT2D eigenvalue weighted by Crippen LogP contribution is -2.15. The average Bonchev–Trinajstić information content (AvgIpc) is 2.33. The van der Waals surface area contributed by atoms with Crippen molar-refractivity contribution >= 4 is 33.0 Å². The molecule has 20 heavy (non-hydrogen) atoms. The van der Waals surface area contributed by atoms with Gasteiger partial charge in [-0.3, -0.25) is 4.72 Å². The predicted octanol–water partition coefficient (Wildman–Crippen LogP) is 3.17. The summed E-state index contributed by atoms with van der Waals surface area (Å²) in [6.07, 6.45) is 0. The van der Waals surface area contributed by atoms with E-state index in [0.717, 1.165) is 6.07 Å². The molecule has 0 aliphatic rings. The quantitative estimate of drug-likeness (QED) is 0.855. The Morgan fingerprint density at radius 3 is 2.55 bits per heavy atom. The Balaban J connectivity index is 2.43. The van der Waals surface area contributed by atoms with Gasteiger partial charge in [0.2, 0.25) is 0 Å². The Hall–Kier alpha value is -1.79. The second kappa shape index (κ2) is 5.30. The van der Waals surface area contributed by atoms with Crippen LogP contribution in [0.4, 0.5) is 15.8 Å². The summed E-state index contributed by atoms with van der Waals surface area (Å²) in [5.74, 6) is -0.703. The summed E-state index contributed by atoms with van der Waals surface area (Å²) in [6, 6.07) is 8.01. The van der Waals surface area contributed by atoms with E-state index in [2.05, 4.69) is 4.72 Å². The van der Waals surface area contributed by atoms with Crippen LogP contribution in [0.3, 0.4) is 0 Å². The molecule has 0 atom stereocenters. The molecule has 0 radical (unpaired) electrons. The van der Waals surface area contributed by atoms with E-state index in [1.807, 2.05) is 0 Å². The molecule has 4 nitrogen and oxygen atoms in total. The topological polar surface area (TPSA) is 72.2 Å². The van der Waals surface area contributed by atoms with Crippen molar-refractivity contribution in [3.05, 3.63) is 52.8 Å². The first-order chi connectivity index (χ1) is 9.29. The van der Waals surface area contributed by atoms with Crippen molar-refractivity contribution in [3.63, 3.8) is 0 Å². The van der Waals surface area contributed by atoms with Gasteiger partial charge in [0.05, 0.1) is 10.6 Å². The molecule has 0 heterocycles. The fourth-order valence-corrected chi connectivity index (χ4v) is 3.21. The molecule has 0 aliphatic heterocycles. The Morgan fingerprint density at radius 2 is 1.90 bits per heavy atom. The van der Waals surface area contributed by atoms with Crippen LogP contribution in [0.25, 0.3) is 0 Å². The summed E-state index contributed by atoms with van der Waals surface area (Å²) in [5.41, 5.74) is 6.30. The van der Waals surface area contributed by atoms with Crippen molar-refractivity contribution in [1.82, 2.24) is 0 Å². The Kier molecular flexibility index (Phi) is 3.87. The van der Waals surface area contributed by atoms with Gasteiger partial charge in [-0.25, -0.2) is 12.8 Å². The van der Waals surface area contributed by atoms with Crippen LogP contribution in [0.1, 0.15) is 5.56 Å². The SMILES string of the molecule is Cc1cc(N)ccc1S(=O)(=O)Nc1cc(Cl)ccc1F. The maximum absolute atomic E-state index is 13.6. The van der Waals surface area contributed by atoms with Crippen LogP contribution >= 0.6 is 11.6 Å². The number of sulfonamides is 1. The molecule has 0 aromatic heterocycles. The van der Waals surface area contributed by atoms with E-state index in [1.165, 1.54) is 30.3 Å². The number of nitrogens with one attached hydrogen (secondary N) is 1. The van der Waals surface area contributed by atoms with E-state index in [0.29, 0.717) is 11.3 Å². The number of halogens is 2. The fraction of sp³-hybridized carbons (Fsp3) is 0.0769. The van der Waals surface area contributed by atoms with Gasteiger partial charge in [-0.05, 0) is 48.9 Å². The number of benzene rings is 2. The molecule has 106 valence electrons. The summed E-state index contributed by atoms with van der Waals surface area (Å²) in [5, 5.41) is 0.234. The zero-order valence-corrected chi connectivity index (χ0v) is 12.1. The van der Waals surface area contributed by atoms with Crippen LogP contribution < -0.4 is 10.5 Å². The number of hydrogen-bond acceptors (Lipinski definition) is 3. The van der Waals surface area contributed by atoms with Crippen LogP contribution in [-0.2, 0) is 10.0 Å². The first kappa shape index (κ1) is 14.6. The van der Waals surface area contributed by atoms with E-state index >= 15 is 0 Å². The summed E-state index contributed by atoms with van der Waals surface area (Å²) >= 11 is 5.73. The molecule has 0 saturated heterocycles. The van der Waals surface area contributed by atoms with E-state index < -0.39 is 15.8 Å². The number of rotatable bonds is 3. The van der Waals surface area contributed by atoms with Gasteiger partial charge in [0, 0.05) is 10.7 Å². The van der Waals surface area contributed by atoms with Crippen LogP contribution in [-0.4, -0.2) is 8.42 Å². The monoisotopic (exact) mass is 314 g/mol. The number of anilines is 2. The molecule has 0 amide bonds. The normalized spacial score (nSPS) is 11.3. The minimum Gasteiger partial charge on any atom is -0.399 e. The first-order valence-electron chi connectivity index (χ1n) is 5.63. The lowest BCUT2D eigenvalue weighted by atomic mass is 10.2. The second-order valence-corrected chi connectivity index (χ2v) is 6.34. The van der Waals surface area contributed by atoms with Gasteiger partial charge in [-0.15, -0.1) is 0 Å². The number of aryl methyl sites for hydroxylation is 1. The molecule has 3 N–H and O–H groups in total. The van der Waals surface area contributed by atoms with E-state index in [-0.39, 0.29) is 15.6 Å². The van der Waals surface area contributed by atoms with Crippen molar-refractivity contribution in [3.8, 4) is 0 Å². The van der Waals surface area contributed by atoms with Crippen LogP contribution in [0.15, 0.2) is 41.3 Å². The first-order valence-corrected chi connectivity index (χ1v) is 7.50. The Labute approximate surface area is 121 Å². The third kappa shape index (κ3) is 3.02. The van der Waals surface area contributed by atoms with Gasteiger partial charge in [-0.1, -0.05) is 11.6 Å². The number of nitrogen functional groups attached to an aromatic ring is 1. The number of hydrogen-bond donors (Lipinski definition) is 2. The molecule has 2 rings (SSSR count). The maximum atomic E-state index is 13.6. The molecule has 7 heteroatoms. The van der Waals surface area contributed by atoms with Crippen molar-refractivity contribution in [2.45, 2.75) is 11.8 Å². The third-order valence-corrected chi connectivity index (χ3v) is 4.42. The van der Waals surface area contributed by atoms with Gasteiger partial charge in [0.1, 0.15) is 5.82 Å². The van der Waals surface area contributed by atoms with Crippen LogP contribution in [0, 0.1) is 12.7 Å². The summed E-state index contributed by atoms with van der Waals surface area (Å²) in [6.45, 7) is 1.61. The standard InChI is InChI=1S/C13H12ClFN2O2S/c1-8-6-10(16)3-5-13(8)20(18,19)17-12-7-9(14)2-4-11(12)15/h2-7,17H,16H2,1H3. The summed E-state index contributed by atoms with van der Waals surface area (Å²) < 4.78 is 40.2. The minimum absolute atomic E-state index is 0.0334. The minimum atomic E-state index is -3.90. The lowest BCUT2D eigenvalue weighted by molar-refractivity contribution is 0.598. The molecule has 0 saturated carbocycles. The zero-order valence-electron chi connectivity index (χ0n) is 10.5. The highest BCUT2D eigenvalue weighted by Crippen LogP contribution is 2.25. The molecule has 0 spiro atoms. The van der Waals surface area contributed by atoms with E-state index in [4.69, 9.17) is 17.3 Å². The summed E-state index contributed by atoms with van der Waals surface area (Å²) in [4.78, 5) is 0.0334. The fourth-order valence-electron chi connectivity index (χ4n) is 1.75. The number of nitrogens with two attached hydrogens (primary N) is 1. The molecule has 0 unspecified atom stereocenters. The molecule has 0 fully saturated rings. The van der Waals surface area contributed by atoms with E-state index in [1.54, 1.807) is 6.92 Å². The Bertz CT molecular complexity index is 763. The van der Waals surface area contributed by atoms with E-state index in [9.17, 15) is 12.8 Å². The average molecular weight is 315 g/mol. The molecular weight excluding hydrogens is 303 g/mol. The van der Waals surface area contributed by atoms with Crippen molar-refractivity contribution < 1.29 is 12.8 Å². The predicted molar refractivity (Wildman–Crippen MR) is 77.8 cm³/mol. The molecule has 2 aromatic rings. The molecule has 0 bridgehead atoms. The zero-order chi connectivity index (χ0) is 14.9. The van der Waals surface area contributed by atoms with Gasteiger partial charge in [0.25, 0.3) is 10.0 Å². The Morgan fingerprint density at radius 1 is 1.20 bits per heavy atom. The van der Waals surface area contributed by atoms with Crippen molar-refractivity contribution in [1.29, 1.82) is 0 Å². The van der Waals surface area contributed by atoms with Crippen molar-refractivity contribution in [2.75, 3.05) is 10.5 Å². The molecular formula is C13H12ClFN2O2S. The van der Waals surface area contributed by atoms with Gasteiger partial charge >= 0.3 is 0 Å². The van der Waals surface area contributed by atoms with Crippen LogP contribution in [0.5, 0.6) is 0 Å². The summed E-state index contributed by atoms with van der Waals surface area (Å²) in [7, 11) is -3.90. The van der Waals surface area contributed by atoms with Crippen molar-refractivity contribution in [2.24, 2.45) is 0 Å². The largest absolute Gasteiger partial charge is 0.399 e. The molecule has 0 aliphatic carbocycles. The highest BCUT2D eigenvalue weighted by Gasteiger charge is 2.18. The van der Waals surface area contributed by atoms with Gasteiger partial charge in [-0.2, -0.15) is 0 Å².